The number of hydrogen-bond acceptors (Lipinski definition) is 13. The SMILES string of the molecule is NC[C@H]1O[C@@H](O[C@@H](Cn2cc(CCCCCO)nn2)[C@H]2O[C@@H](n3ccc(=O)[nH]c3=O)[C@H](O)[C@@H]2O)[C@H](O)[C@@H]1O. The zero-order valence-electron chi connectivity index (χ0n) is 20.5. The molecule has 212 valence electrons. The number of rotatable bonds is 12. The number of aryl methyl sites for hydroxylation is 1. The molecule has 0 amide bonds. The van der Waals surface area contributed by atoms with Crippen LogP contribution in [0.3, 0.4) is 0 Å². The summed E-state index contributed by atoms with van der Waals surface area (Å²) in [4.78, 5) is 25.8. The summed E-state index contributed by atoms with van der Waals surface area (Å²) < 4.78 is 19.7. The molecule has 38 heavy (non-hydrogen) atoms. The number of hydrogen-bond donors (Lipinski definition) is 7. The maximum atomic E-state index is 12.3. The molecule has 2 aliphatic heterocycles. The smallest absolute Gasteiger partial charge is 0.330 e. The van der Waals surface area contributed by atoms with Gasteiger partial charge >= 0.3 is 5.69 Å². The van der Waals surface area contributed by atoms with Crippen LogP contribution in [0, 0.1) is 0 Å². The Kier molecular flexibility index (Phi) is 9.40. The second-order valence-electron chi connectivity index (χ2n) is 9.39. The molecule has 9 atom stereocenters. The van der Waals surface area contributed by atoms with Gasteiger partial charge in [0.2, 0.25) is 0 Å². The largest absolute Gasteiger partial charge is 0.396 e. The highest BCUT2D eigenvalue weighted by Crippen LogP contribution is 2.33. The van der Waals surface area contributed by atoms with Gasteiger partial charge in [-0.2, -0.15) is 0 Å². The fourth-order valence-corrected chi connectivity index (χ4v) is 4.59. The standard InChI is InChI=1S/C22H34N6O10/c23-8-12-15(31)18(34)21(36-12)37-13(10-27-9-11(25-26-27)4-2-1-3-7-29)19-16(32)17(33)20(38-19)28-6-5-14(30)24-22(28)35/h5-6,9,12-13,15-21,29,31-34H,1-4,7-8,10,23H2,(H,24,30,35)/t12-,13+,15-,16+,17-,18-,19-,20-,21+/m1/s1. The van der Waals surface area contributed by atoms with Gasteiger partial charge in [0.1, 0.15) is 42.7 Å². The van der Waals surface area contributed by atoms with E-state index in [1.165, 1.54) is 4.68 Å². The lowest BCUT2D eigenvalue weighted by molar-refractivity contribution is -0.223. The summed E-state index contributed by atoms with van der Waals surface area (Å²) in [5.41, 5.74) is 4.78. The third kappa shape index (κ3) is 6.19. The number of H-pyrrole nitrogens is 1. The van der Waals surface area contributed by atoms with Crippen LogP contribution in [-0.4, -0.2) is 112 Å². The molecule has 4 heterocycles. The summed E-state index contributed by atoms with van der Waals surface area (Å²) in [6, 6.07) is 1.07. The van der Waals surface area contributed by atoms with E-state index in [2.05, 4.69) is 15.3 Å². The number of aliphatic hydroxyl groups is 5. The minimum Gasteiger partial charge on any atom is -0.396 e. The van der Waals surface area contributed by atoms with Crippen molar-refractivity contribution in [1.29, 1.82) is 0 Å². The molecule has 2 fully saturated rings. The van der Waals surface area contributed by atoms with E-state index in [0.29, 0.717) is 18.5 Å². The highest BCUT2D eigenvalue weighted by Gasteiger charge is 2.51. The monoisotopic (exact) mass is 542 g/mol. The van der Waals surface area contributed by atoms with Gasteiger partial charge in [-0.3, -0.25) is 14.3 Å². The molecule has 2 aromatic heterocycles. The molecule has 16 nitrogen and oxygen atoms in total. The highest BCUT2D eigenvalue weighted by atomic mass is 16.7. The number of nitrogens with one attached hydrogen (secondary N) is 1. The second-order valence-corrected chi connectivity index (χ2v) is 9.39. The minimum absolute atomic E-state index is 0.0682. The summed E-state index contributed by atoms with van der Waals surface area (Å²) >= 11 is 0. The van der Waals surface area contributed by atoms with Crippen LogP contribution in [0.2, 0.25) is 0 Å². The Hall–Kier alpha value is -2.54. The number of aromatic nitrogens is 5. The molecule has 0 spiro atoms. The molecule has 0 saturated carbocycles. The molecule has 2 aliphatic rings. The van der Waals surface area contributed by atoms with E-state index in [1.54, 1.807) is 6.20 Å². The lowest BCUT2D eigenvalue weighted by Crippen LogP contribution is -2.46. The van der Waals surface area contributed by atoms with Crippen LogP contribution >= 0.6 is 0 Å². The van der Waals surface area contributed by atoms with Crippen LogP contribution in [0.4, 0.5) is 0 Å². The Bertz CT molecular complexity index is 1160. The maximum Gasteiger partial charge on any atom is 0.330 e. The predicted molar refractivity (Wildman–Crippen MR) is 127 cm³/mol. The molecule has 0 aliphatic carbocycles. The van der Waals surface area contributed by atoms with Gasteiger partial charge in [0.05, 0.1) is 12.2 Å². The van der Waals surface area contributed by atoms with Gasteiger partial charge in [0.15, 0.2) is 12.5 Å². The van der Waals surface area contributed by atoms with E-state index in [0.717, 1.165) is 29.7 Å². The number of nitrogens with zero attached hydrogens (tertiary/aromatic N) is 4. The van der Waals surface area contributed by atoms with Crippen LogP contribution in [0.1, 0.15) is 31.2 Å². The van der Waals surface area contributed by atoms with Gasteiger partial charge in [-0.25, -0.2) is 9.48 Å². The molecule has 4 rings (SSSR count). The van der Waals surface area contributed by atoms with Crippen molar-refractivity contribution in [2.24, 2.45) is 5.73 Å². The van der Waals surface area contributed by atoms with Gasteiger partial charge in [0, 0.05) is 31.6 Å². The molecule has 0 unspecified atom stereocenters. The van der Waals surface area contributed by atoms with Crippen molar-refractivity contribution in [2.75, 3.05) is 13.2 Å². The lowest BCUT2D eigenvalue weighted by Gasteiger charge is -2.29. The lowest BCUT2D eigenvalue weighted by atomic mass is 10.0. The number of nitrogens with two attached hydrogens (primary N) is 1. The Morgan fingerprint density at radius 2 is 1.87 bits per heavy atom. The first-order valence-corrected chi connectivity index (χ1v) is 12.4. The van der Waals surface area contributed by atoms with Crippen molar-refractivity contribution < 1.29 is 39.7 Å². The summed E-state index contributed by atoms with van der Waals surface area (Å²) in [5.74, 6) is 0. The van der Waals surface area contributed by atoms with Crippen LogP contribution in [0.5, 0.6) is 0 Å². The molecule has 2 saturated heterocycles. The molecule has 8 N–H and O–H groups in total. The Labute approximate surface area is 216 Å². The van der Waals surface area contributed by atoms with Crippen molar-refractivity contribution in [2.45, 2.75) is 87.5 Å². The average molecular weight is 543 g/mol. The summed E-state index contributed by atoms with van der Waals surface area (Å²) in [7, 11) is 0. The van der Waals surface area contributed by atoms with E-state index in [-0.39, 0.29) is 19.7 Å². The number of aliphatic hydroxyl groups excluding tert-OH is 5. The van der Waals surface area contributed by atoms with Gasteiger partial charge < -0.3 is 45.5 Å². The topological polar surface area (TPSA) is 240 Å². The molecular weight excluding hydrogens is 508 g/mol. The normalized spacial score (nSPS) is 32.2. The molecule has 0 radical (unpaired) electrons. The fraction of sp³-hybridized carbons (Fsp3) is 0.727. The van der Waals surface area contributed by atoms with E-state index in [1.807, 2.05) is 0 Å². The van der Waals surface area contributed by atoms with E-state index in [9.17, 15) is 30.0 Å². The van der Waals surface area contributed by atoms with E-state index in [4.69, 9.17) is 25.1 Å². The summed E-state index contributed by atoms with van der Waals surface area (Å²) in [5, 5.41) is 59.3. The van der Waals surface area contributed by atoms with Gasteiger partial charge in [-0.05, 0) is 19.3 Å². The summed E-state index contributed by atoms with van der Waals surface area (Å²) in [6.45, 7) is -0.0342. The van der Waals surface area contributed by atoms with Crippen molar-refractivity contribution in [1.82, 2.24) is 24.5 Å². The quantitative estimate of drug-likeness (QED) is 0.126. The average Bonchev–Trinajstić information content (AvgIpc) is 3.54. The number of ether oxygens (including phenoxy) is 3. The first kappa shape index (κ1) is 28.5. The zero-order chi connectivity index (χ0) is 27.4. The van der Waals surface area contributed by atoms with Crippen LogP contribution in [-0.2, 0) is 27.2 Å². The van der Waals surface area contributed by atoms with Crippen molar-refractivity contribution >= 4 is 0 Å². The first-order chi connectivity index (χ1) is 18.2. The van der Waals surface area contributed by atoms with Crippen molar-refractivity contribution in [3.63, 3.8) is 0 Å². The molecule has 0 aromatic carbocycles. The van der Waals surface area contributed by atoms with Crippen LogP contribution in [0.25, 0.3) is 0 Å². The van der Waals surface area contributed by atoms with Crippen LogP contribution < -0.4 is 17.0 Å². The highest BCUT2D eigenvalue weighted by molar-refractivity contribution is 4.98. The molecule has 0 bridgehead atoms. The molecule has 16 heteroatoms. The molecular formula is C22H34N6O10. The Morgan fingerprint density at radius 3 is 2.55 bits per heavy atom. The van der Waals surface area contributed by atoms with Crippen molar-refractivity contribution in [3.8, 4) is 0 Å². The predicted octanol–water partition coefficient (Wildman–Crippen LogP) is -4.06. The maximum absolute atomic E-state index is 12.3. The van der Waals surface area contributed by atoms with E-state index >= 15 is 0 Å². The summed E-state index contributed by atoms with van der Waals surface area (Å²) in [6.07, 6.45) is -6.13. The van der Waals surface area contributed by atoms with E-state index < -0.39 is 66.5 Å². The Morgan fingerprint density at radius 1 is 1.08 bits per heavy atom. The Balaban J connectivity index is 1.55. The molecule has 2 aromatic rings. The third-order valence-corrected chi connectivity index (χ3v) is 6.67. The third-order valence-electron chi connectivity index (χ3n) is 6.67. The van der Waals surface area contributed by atoms with Gasteiger partial charge in [0.25, 0.3) is 5.56 Å². The second kappa shape index (κ2) is 12.5. The van der Waals surface area contributed by atoms with Crippen LogP contribution in [0.15, 0.2) is 28.0 Å². The number of unbranched alkanes of at least 4 members (excludes halogenated alkanes) is 2. The minimum atomic E-state index is -1.58. The van der Waals surface area contributed by atoms with Gasteiger partial charge in [-0.15, -0.1) is 5.10 Å². The first-order valence-electron chi connectivity index (χ1n) is 12.4. The van der Waals surface area contributed by atoms with Gasteiger partial charge in [-0.1, -0.05) is 11.6 Å². The fourth-order valence-electron chi connectivity index (χ4n) is 4.59. The number of aromatic amines is 1. The zero-order valence-corrected chi connectivity index (χ0v) is 20.5. The van der Waals surface area contributed by atoms with Crippen molar-refractivity contribution in [3.05, 3.63) is 45.0 Å².